The highest BCUT2D eigenvalue weighted by atomic mass is 16.5. The second-order valence-corrected chi connectivity index (χ2v) is 5.34. The standard InChI is InChI=1S/C17H23NO2/c1-3-20-17(19)11-16-9-10-18(12-14(16)2)13-15-7-5-4-6-8-15/h4-8,11,14H,3,9-10,12-13H2,1-2H3/b16-11+. The van der Waals surface area contributed by atoms with Crippen LogP contribution in [0.25, 0.3) is 0 Å². The summed E-state index contributed by atoms with van der Waals surface area (Å²) in [5, 5.41) is 0. The van der Waals surface area contributed by atoms with Crippen molar-refractivity contribution >= 4 is 5.97 Å². The van der Waals surface area contributed by atoms with Crippen molar-refractivity contribution in [3.63, 3.8) is 0 Å². The molecule has 108 valence electrons. The van der Waals surface area contributed by atoms with E-state index in [4.69, 9.17) is 4.74 Å². The molecule has 0 radical (unpaired) electrons. The zero-order valence-corrected chi connectivity index (χ0v) is 12.3. The lowest BCUT2D eigenvalue weighted by atomic mass is 9.92. The summed E-state index contributed by atoms with van der Waals surface area (Å²) >= 11 is 0. The van der Waals surface area contributed by atoms with Crippen LogP contribution in [0.1, 0.15) is 25.8 Å². The number of hydrogen-bond acceptors (Lipinski definition) is 3. The van der Waals surface area contributed by atoms with Crippen molar-refractivity contribution < 1.29 is 9.53 Å². The minimum atomic E-state index is -0.203. The zero-order valence-electron chi connectivity index (χ0n) is 12.3. The fourth-order valence-corrected chi connectivity index (χ4v) is 2.66. The minimum absolute atomic E-state index is 0.203. The Morgan fingerprint density at radius 3 is 2.80 bits per heavy atom. The monoisotopic (exact) mass is 273 g/mol. The van der Waals surface area contributed by atoms with Crippen molar-refractivity contribution in [2.75, 3.05) is 19.7 Å². The van der Waals surface area contributed by atoms with Crippen LogP contribution in [0.3, 0.4) is 0 Å². The number of benzene rings is 1. The molecule has 1 unspecified atom stereocenters. The van der Waals surface area contributed by atoms with E-state index in [0.717, 1.165) is 26.1 Å². The van der Waals surface area contributed by atoms with E-state index in [0.29, 0.717) is 12.5 Å². The third kappa shape index (κ3) is 4.20. The SMILES string of the molecule is CCOC(=O)/C=C1\CCN(Cc2ccccc2)CC1C. The number of ether oxygens (including phenoxy) is 1. The Morgan fingerprint density at radius 1 is 1.40 bits per heavy atom. The minimum Gasteiger partial charge on any atom is -0.463 e. The van der Waals surface area contributed by atoms with E-state index in [9.17, 15) is 4.79 Å². The first kappa shape index (κ1) is 14.8. The fourth-order valence-electron chi connectivity index (χ4n) is 2.66. The van der Waals surface area contributed by atoms with Gasteiger partial charge < -0.3 is 4.74 Å². The largest absolute Gasteiger partial charge is 0.463 e. The number of hydrogen-bond donors (Lipinski definition) is 0. The van der Waals surface area contributed by atoms with Gasteiger partial charge in [0.1, 0.15) is 0 Å². The van der Waals surface area contributed by atoms with Gasteiger partial charge in [0.05, 0.1) is 6.61 Å². The molecule has 20 heavy (non-hydrogen) atoms. The Hall–Kier alpha value is -1.61. The Bertz CT molecular complexity index is 467. The van der Waals surface area contributed by atoms with E-state index in [1.54, 1.807) is 6.08 Å². The van der Waals surface area contributed by atoms with E-state index in [-0.39, 0.29) is 5.97 Å². The maximum absolute atomic E-state index is 11.5. The van der Waals surface area contributed by atoms with Gasteiger partial charge in [0.2, 0.25) is 0 Å². The molecule has 1 aliphatic rings. The van der Waals surface area contributed by atoms with E-state index in [1.165, 1.54) is 11.1 Å². The summed E-state index contributed by atoms with van der Waals surface area (Å²) in [5.41, 5.74) is 2.56. The van der Waals surface area contributed by atoms with Crippen LogP contribution >= 0.6 is 0 Å². The summed E-state index contributed by atoms with van der Waals surface area (Å²) in [4.78, 5) is 14.0. The lowest BCUT2D eigenvalue weighted by Gasteiger charge is -2.33. The zero-order chi connectivity index (χ0) is 14.4. The van der Waals surface area contributed by atoms with Crippen molar-refractivity contribution in [3.8, 4) is 0 Å². The van der Waals surface area contributed by atoms with E-state index in [1.807, 2.05) is 13.0 Å². The van der Waals surface area contributed by atoms with Crippen LogP contribution in [0.15, 0.2) is 42.0 Å². The number of likely N-dealkylation sites (tertiary alicyclic amines) is 1. The number of rotatable bonds is 4. The molecular weight excluding hydrogens is 250 g/mol. The van der Waals surface area contributed by atoms with Gasteiger partial charge in [-0.05, 0) is 24.8 Å². The van der Waals surface area contributed by atoms with Crippen LogP contribution in [-0.4, -0.2) is 30.6 Å². The maximum atomic E-state index is 11.5. The molecule has 0 aliphatic carbocycles. The van der Waals surface area contributed by atoms with Crippen LogP contribution in [0, 0.1) is 5.92 Å². The second-order valence-electron chi connectivity index (χ2n) is 5.34. The first-order valence-electron chi connectivity index (χ1n) is 7.32. The summed E-state index contributed by atoms with van der Waals surface area (Å²) in [7, 11) is 0. The molecule has 0 saturated carbocycles. The van der Waals surface area contributed by atoms with Crippen LogP contribution in [0.2, 0.25) is 0 Å². The third-order valence-corrected chi connectivity index (χ3v) is 3.72. The van der Waals surface area contributed by atoms with Crippen LogP contribution in [0.4, 0.5) is 0 Å². The van der Waals surface area contributed by atoms with Gasteiger partial charge in [-0.15, -0.1) is 0 Å². The number of esters is 1. The molecule has 0 bridgehead atoms. The molecule has 2 rings (SSSR count). The molecule has 1 fully saturated rings. The lowest BCUT2D eigenvalue weighted by Crippen LogP contribution is -2.35. The molecule has 0 spiro atoms. The predicted octanol–water partition coefficient (Wildman–Crippen LogP) is 3.02. The Balaban J connectivity index is 1.90. The summed E-state index contributed by atoms with van der Waals surface area (Å²) in [5.74, 6) is 0.211. The van der Waals surface area contributed by atoms with E-state index < -0.39 is 0 Å². The van der Waals surface area contributed by atoms with Crippen LogP contribution < -0.4 is 0 Å². The fraction of sp³-hybridized carbons (Fsp3) is 0.471. The summed E-state index contributed by atoms with van der Waals surface area (Å²) in [6.45, 7) is 7.45. The highest BCUT2D eigenvalue weighted by Gasteiger charge is 2.21. The molecule has 3 heteroatoms. The summed E-state index contributed by atoms with van der Waals surface area (Å²) in [6, 6.07) is 10.5. The van der Waals surface area contributed by atoms with Crippen LogP contribution in [0.5, 0.6) is 0 Å². The van der Waals surface area contributed by atoms with Crippen molar-refractivity contribution in [2.24, 2.45) is 5.92 Å². The summed E-state index contributed by atoms with van der Waals surface area (Å²) < 4.78 is 4.99. The van der Waals surface area contributed by atoms with E-state index >= 15 is 0 Å². The lowest BCUT2D eigenvalue weighted by molar-refractivity contribution is -0.137. The molecule has 1 aromatic carbocycles. The first-order valence-corrected chi connectivity index (χ1v) is 7.32. The number of piperidine rings is 1. The van der Waals surface area contributed by atoms with Gasteiger partial charge in [0.15, 0.2) is 0 Å². The van der Waals surface area contributed by atoms with Crippen molar-refractivity contribution in [1.29, 1.82) is 0 Å². The van der Waals surface area contributed by atoms with Gasteiger partial charge in [-0.25, -0.2) is 4.79 Å². The smallest absolute Gasteiger partial charge is 0.330 e. The number of carbonyl (C=O) groups excluding carboxylic acids is 1. The highest BCUT2D eigenvalue weighted by Crippen LogP contribution is 2.23. The molecule has 3 nitrogen and oxygen atoms in total. The van der Waals surface area contributed by atoms with Crippen molar-refractivity contribution in [3.05, 3.63) is 47.5 Å². The predicted molar refractivity (Wildman–Crippen MR) is 80.2 cm³/mol. The number of nitrogens with zero attached hydrogens (tertiary/aromatic N) is 1. The molecule has 0 aromatic heterocycles. The Labute approximate surface area is 121 Å². The van der Waals surface area contributed by atoms with Crippen molar-refractivity contribution in [2.45, 2.75) is 26.8 Å². The Morgan fingerprint density at radius 2 is 2.15 bits per heavy atom. The van der Waals surface area contributed by atoms with Gasteiger partial charge in [0.25, 0.3) is 0 Å². The molecule has 0 N–H and O–H groups in total. The molecule has 1 aromatic rings. The van der Waals surface area contributed by atoms with Gasteiger partial charge in [0, 0.05) is 25.7 Å². The molecule has 1 saturated heterocycles. The highest BCUT2D eigenvalue weighted by molar-refractivity contribution is 5.82. The molecule has 0 amide bonds. The van der Waals surface area contributed by atoms with Crippen molar-refractivity contribution in [1.82, 2.24) is 4.90 Å². The quantitative estimate of drug-likeness (QED) is 0.624. The van der Waals surface area contributed by atoms with Gasteiger partial charge in [-0.1, -0.05) is 42.8 Å². The normalized spacial score (nSPS) is 21.9. The van der Waals surface area contributed by atoms with Crippen LogP contribution in [-0.2, 0) is 16.1 Å². The first-order chi connectivity index (χ1) is 9.69. The van der Waals surface area contributed by atoms with Gasteiger partial charge in [-0.2, -0.15) is 0 Å². The third-order valence-electron chi connectivity index (χ3n) is 3.72. The second kappa shape index (κ2) is 7.25. The number of carbonyl (C=O) groups is 1. The average Bonchev–Trinajstić information content (AvgIpc) is 2.43. The topological polar surface area (TPSA) is 29.5 Å². The molecule has 1 heterocycles. The van der Waals surface area contributed by atoms with Gasteiger partial charge >= 0.3 is 5.97 Å². The molecular formula is C17H23NO2. The van der Waals surface area contributed by atoms with E-state index in [2.05, 4.69) is 36.1 Å². The maximum Gasteiger partial charge on any atom is 0.330 e. The van der Waals surface area contributed by atoms with Gasteiger partial charge in [-0.3, -0.25) is 4.90 Å². The Kier molecular flexibility index (Phi) is 5.36. The average molecular weight is 273 g/mol. The molecule has 1 aliphatic heterocycles. The molecule has 1 atom stereocenters. The summed E-state index contributed by atoms with van der Waals surface area (Å²) in [6.07, 6.45) is 2.64.